The average Bonchev–Trinajstić information content (AvgIpc) is 2.75. The first kappa shape index (κ1) is 12.4. The van der Waals surface area contributed by atoms with Gasteiger partial charge in [-0.2, -0.15) is 5.10 Å². The van der Waals surface area contributed by atoms with Crippen molar-refractivity contribution in [2.75, 3.05) is 13.6 Å². The standard InChI is InChI=1S/C12H18N4O6/c1-15-11(8(5-13-15)16(19)20)9-4-3-7(14-12(17)18)10(21-2)6-22-9/h5,7,9-10,14H,3-4,6H2,1-2H3,(H,17,18)/t7-,9+,10-/m0/s1/i2D3. The molecule has 1 aromatic heterocycles. The van der Waals surface area contributed by atoms with E-state index in [9.17, 15) is 14.9 Å². The van der Waals surface area contributed by atoms with E-state index in [0.29, 0.717) is 0 Å². The van der Waals surface area contributed by atoms with E-state index in [1.54, 1.807) is 0 Å². The van der Waals surface area contributed by atoms with Crippen molar-refractivity contribution in [2.24, 2.45) is 7.05 Å². The highest BCUT2D eigenvalue weighted by Crippen LogP contribution is 2.33. The third-order valence-electron chi connectivity index (χ3n) is 3.58. The van der Waals surface area contributed by atoms with Crippen LogP contribution < -0.4 is 5.32 Å². The normalized spacial score (nSPS) is 28.0. The molecule has 0 bridgehead atoms. The van der Waals surface area contributed by atoms with Gasteiger partial charge in [0.2, 0.25) is 0 Å². The first-order valence-electron chi connectivity index (χ1n) is 8.03. The lowest BCUT2D eigenvalue weighted by molar-refractivity contribution is -0.386. The Bertz CT molecular complexity index is 649. The van der Waals surface area contributed by atoms with Gasteiger partial charge in [0.15, 0.2) is 0 Å². The number of carboxylic acid groups (broad SMARTS) is 1. The summed E-state index contributed by atoms with van der Waals surface area (Å²) in [5.74, 6) is 0. The summed E-state index contributed by atoms with van der Waals surface area (Å²) in [6.07, 6.45) is -1.61. The van der Waals surface area contributed by atoms with E-state index in [1.165, 1.54) is 11.7 Å². The van der Waals surface area contributed by atoms with Gasteiger partial charge in [-0.15, -0.1) is 0 Å². The van der Waals surface area contributed by atoms with Gasteiger partial charge in [0, 0.05) is 14.1 Å². The summed E-state index contributed by atoms with van der Waals surface area (Å²) < 4.78 is 33.5. The molecule has 1 amide bonds. The summed E-state index contributed by atoms with van der Waals surface area (Å²) in [6, 6.07) is -0.824. The minimum atomic E-state index is -2.73. The highest BCUT2D eigenvalue weighted by atomic mass is 16.6. The topological polar surface area (TPSA) is 129 Å². The summed E-state index contributed by atoms with van der Waals surface area (Å²) >= 11 is 0. The predicted octanol–water partition coefficient (Wildman–Crippen LogP) is 0.831. The summed E-state index contributed by atoms with van der Waals surface area (Å²) in [6.45, 7) is -0.240. The van der Waals surface area contributed by atoms with E-state index in [0.717, 1.165) is 6.20 Å². The fourth-order valence-corrected chi connectivity index (χ4v) is 2.53. The zero-order valence-electron chi connectivity index (χ0n) is 14.8. The Morgan fingerprint density at radius 3 is 3.14 bits per heavy atom. The molecule has 1 saturated heterocycles. The molecule has 1 aliphatic rings. The highest BCUT2D eigenvalue weighted by molar-refractivity contribution is 5.64. The van der Waals surface area contributed by atoms with Gasteiger partial charge < -0.3 is 19.9 Å². The molecule has 2 heterocycles. The first-order chi connectivity index (χ1) is 11.6. The molecular weight excluding hydrogens is 296 g/mol. The number of ether oxygens (including phenoxy) is 2. The third kappa shape index (κ3) is 3.34. The van der Waals surface area contributed by atoms with Crippen LogP contribution in [-0.2, 0) is 16.5 Å². The van der Waals surface area contributed by atoms with Gasteiger partial charge >= 0.3 is 11.8 Å². The van der Waals surface area contributed by atoms with Crippen molar-refractivity contribution in [2.45, 2.75) is 31.1 Å². The second-order valence-electron chi connectivity index (χ2n) is 4.91. The smallest absolute Gasteiger partial charge is 0.404 e. The zero-order chi connectivity index (χ0) is 18.8. The second-order valence-corrected chi connectivity index (χ2v) is 4.91. The predicted molar refractivity (Wildman–Crippen MR) is 73.5 cm³/mol. The Morgan fingerprint density at radius 2 is 2.50 bits per heavy atom. The Labute approximate surface area is 130 Å². The molecule has 10 nitrogen and oxygen atoms in total. The molecular formula is C12H18N4O6. The van der Waals surface area contributed by atoms with E-state index in [2.05, 4.69) is 10.4 Å². The molecule has 122 valence electrons. The van der Waals surface area contributed by atoms with E-state index in [-0.39, 0.29) is 30.8 Å². The summed E-state index contributed by atoms with van der Waals surface area (Å²) in [5.41, 5.74) is 0.0130. The summed E-state index contributed by atoms with van der Waals surface area (Å²) in [4.78, 5) is 21.5. The number of aryl methyl sites for hydroxylation is 1. The molecule has 22 heavy (non-hydrogen) atoms. The molecule has 10 heteroatoms. The van der Waals surface area contributed by atoms with Crippen LogP contribution >= 0.6 is 0 Å². The summed E-state index contributed by atoms with van der Waals surface area (Å²) in [5, 5.41) is 26.1. The summed E-state index contributed by atoms with van der Waals surface area (Å²) in [7, 11) is -1.20. The van der Waals surface area contributed by atoms with E-state index >= 15 is 0 Å². The van der Waals surface area contributed by atoms with Crippen LogP contribution in [0.4, 0.5) is 10.5 Å². The van der Waals surface area contributed by atoms with Crippen LogP contribution in [0.5, 0.6) is 0 Å². The van der Waals surface area contributed by atoms with Crippen molar-refractivity contribution in [3.8, 4) is 0 Å². The Kier molecular flexibility index (Phi) is 3.77. The lowest BCUT2D eigenvalue weighted by atomic mass is 10.0. The third-order valence-corrected chi connectivity index (χ3v) is 3.58. The van der Waals surface area contributed by atoms with Gasteiger partial charge in [-0.1, -0.05) is 0 Å². The Balaban J connectivity index is 2.23. The van der Waals surface area contributed by atoms with Crippen molar-refractivity contribution in [1.82, 2.24) is 15.1 Å². The van der Waals surface area contributed by atoms with Crippen molar-refractivity contribution < 1.29 is 28.4 Å². The van der Waals surface area contributed by atoms with Gasteiger partial charge in [-0.05, 0) is 12.8 Å². The number of rotatable bonds is 4. The first-order valence-corrected chi connectivity index (χ1v) is 6.53. The number of nitrogens with one attached hydrogen (secondary N) is 1. The fraction of sp³-hybridized carbons (Fsp3) is 0.667. The van der Waals surface area contributed by atoms with Gasteiger partial charge in [0.25, 0.3) is 0 Å². The average molecular weight is 317 g/mol. The SMILES string of the molecule is [2H]C([2H])([2H])O[C@H]1CO[C@@H](c2c([N+](=O)[O-])cnn2C)CC[C@@H]1NC(=O)O. The number of amides is 1. The molecule has 1 aromatic rings. The quantitative estimate of drug-likeness (QED) is 0.621. The Morgan fingerprint density at radius 1 is 1.73 bits per heavy atom. The maximum atomic E-state index is 11.1. The Hall–Kier alpha value is -2.20. The van der Waals surface area contributed by atoms with Crippen LogP contribution in [-0.4, -0.2) is 51.7 Å². The minimum Gasteiger partial charge on any atom is -0.465 e. The molecule has 2 N–H and O–H groups in total. The van der Waals surface area contributed by atoms with Crippen molar-refractivity contribution in [3.05, 3.63) is 22.0 Å². The van der Waals surface area contributed by atoms with Crippen LogP contribution in [0.3, 0.4) is 0 Å². The minimum absolute atomic E-state index is 0.181. The second kappa shape index (κ2) is 6.71. The molecule has 1 aliphatic heterocycles. The number of hydrogen-bond donors (Lipinski definition) is 2. The maximum Gasteiger partial charge on any atom is 0.404 e. The van der Waals surface area contributed by atoms with Crippen LogP contribution in [0.2, 0.25) is 0 Å². The largest absolute Gasteiger partial charge is 0.465 e. The van der Waals surface area contributed by atoms with Crippen molar-refractivity contribution in [1.29, 1.82) is 0 Å². The van der Waals surface area contributed by atoms with Crippen LogP contribution in [0.25, 0.3) is 0 Å². The molecule has 0 spiro atoms. The number of hydrogen-bond acceptors (Lipinski definition) is 6. The monoisotopic (exact) mass is 317 g/mol. The molecule has 1 fully saturated rings. The van der Waals surface area contributed by atoms with Crippen LogP contribution in [0.1, 0.15) is 28.8 Å². The van der Waals surface area contributed by atoms with Gasteiger partial charge in [0.05, 0.1) is 21.7 Å². The number of carbonyl (C=O) groups is 1. The molecule has 3 atom stereocenters. The molecule has 0 aliphatic carbocycles. The van der Waals surface area contributed by atoms with Gasteiger partial charge in [-0.3, -0.25) is 14.8 Å². The highest BCUT2D eigenvalue weighted by Gasteiger charge is 2.34. The lowest BCUT2D eigenvalue weighted by Crippen LogP contribution is -2.44. The zero-order valence-corrected chi connectivity index (χ0v) is 11.8. The number of aromatic nitrogens is 2. The molecule has 0 radical (unpaired) electrons. The van der Waals surface area contributed by atoms with Crippen molar-refractivity contribution >= 4 is 11.8 Å². The number of nitro groups is 1. The van der Waals surface area contributed by atoms with E-state index < -0.39 is 36.3 Å². The number of methoxy groups -OCH3 is 1. The fourth-order valence-electron chi connectivity index (χ4n) is 2.53. The molecule has 2 rings (SSSR count). The van der Waals surface area contributed by atoms with E-state index in [1.807, 2.05) is 0 Å². The maximum absolute atomic E-state index is 11.1. The molecule has 0 aromatic carbocycles. The van der Waals surface area contributed by atoms with E-state index in [4.69, 9.17) is 18.7 Å². The van der Waals surface area contributed by atoms with Gasteiger partial charge in [-0.25, -0.2) is 4.79 Å². The van der Waals surface area contributed by atoms with Crippen LogP contribution in [0.15, 0.2) is 6.20 Å². The van der Waals surface area contributed by atoms with Gasteiger partial charge in [0.1, 0.15) is 24.1 Å². The van der Waals surface area contributed by atoms with Crippen molar-refractivity contribution in [3.63, 3.8) is 0 Å². The number of nitrogens with zero attached hydrogens (tertiary/aromatic N) is 3. The molecule has 0 unspecified atom stereocenters. The van der Waals surface area contributed by atoms with Crippen LogP contribution in [0, 0.1) is 10.1 Å². The lowest BCUT2D eigenvalue weighted by Gasteiger charge is -2.22. The molecule has 0 saturated carbocycles.